The van der Waals surface area contributed by atoms with Crippen LogP contribution >= 0.6 is 0 Å². The summed E-state index contributed by atoms with van der Waals surface area (Å²) >= 11 is 0. The fourth-order valence-corrected chi connectivity index (χ4v) is 4.51. The normalized spacial score (nSPS) is 20.9. The summed E-state index contributed by atoms with van der Waals surface area (Å²) in [6.45, 7) is 4.86. The average molecular weight is 435 g/mol. The molecular formula is C23H26N6O3. The van der Waals surface area contributed by atoms with E-state index in [0.717, 1.165) is 48.8 Å². The van der Waals surface area contributed by atoms with E-state index < -0.39 is 6.04 Å². The van der Waals surface area contributed by atoms with Gasteiger partial charge in [0.15, 0.2) is 0 Å². The smallest absolute Gasteiger partial charge is 0.255 e. The molecule has 3 aliphatic heterocycles. The number of pyridine rings is 1. The Balaban J connectivity index is 1.22. The number of rotatable bonds is 5. The van der Waals surface area contributed by atoms with Crippen molar-refractivity contribution in [2.24, 2.45) is 0 Å². The zero-order chi connectivity index (χ0) is 22.1. The van der Waals surface area contributed by atoms with Crippen LogP contribution in [0.3, 0.4) is 0 Å². The van der Waals surface area contributed by atoms with Crippen molar-refractivity contribution in [1.82, 2.24) is 20.5 Å². The number of nitrogens with one attached hydrogen (secondary N) is 3. The van der Waals surface area contributed by atoms with E-state index >= 15 is 0 Å². The molecule has 9 nitrogen and oxygen atoms in total. The molecule has 1 aromatic heterocycles. The molecule has 3 aliphatic rings. The molecule has 5 rings (SSSR count). The van der Waals surface area contributed by atoms with Crippen LogP contribution in [0.5, 0.6) is 0 Å². The number of amides is 3. The fraction of sp³-hybridized carbons (Fsp3) is 0.391. The predicted octanol–water partition coefficient (Wildman–Crippen LogP) is 0.864. The number of piperidine rings is 1. The van der Waals surface area contributed by atoms with Crippen LogP contribution in [0.2, 0.25) is 0 Å². The van der Waals surface area contributed by atoms with Gasteiger partial charge in [0.2, 0.25) is 11.8 Å². The number of hydrogen-bond donors (Lipinski definition) is 3. The molecule has 0 radical (unpaired) electrons. The molecule has 1 atom stereocenters. The van der Waals surface area contributed by atoms with Crippen LogP contribution in [-0.4, -0.2) is 59.8 Å². The maximum absolute atomic E-state index is 13.0. The Hall–Kier alpha value is -3.46. The molecule has 0 saturated carbocycles. The molecule has 32 heavy (non-hydrogen) atoms. The van der Waals surface area contributed by atoms with Crippen molar-refractivity contribution in [3.8, 4) is 0 Å². The standard InChI is InChI=1S/C23H26N6O3/c30-21-6-4-19(22(31)27-21)29-14-16-2-1-15(11-18(16)23(29)32)12-25-20-5-3-17(13-26-20)28-9-7-24-8-10-28/h1-3,5,11,13,19,24H,4,6-10,12,14H2,(H,25,26)(H,27,30,31). The highest BCUT2D eigenvalue weighted by Crippen LogP contribution is 2.28. The van der Waals surface area contributed by atoms with Gasteiger partial charge in [0.25, 0.3) is 5.91 Å². The van der Waals surface area contributed by atoms with E-state index in [1.807, 2.05) is 30.5 Å². The highest BCUT2D eigenvalue weighted by molar-refractivity contribution is 6.05. The Morgan fingerprint density at radius 2 is 1.94 bits per heavy atom. The number of carbonyl (C=O) groups is 3. The number of fused-ring (bicyclic) bond motifs is 1. The zero-order valence-electron chi connectivity index (χ0n) is 17.8. The van der Waals surface area contributed by atoms with Gasteiger partial charge < -0.3 is 20.4 Å². The van der Waals surface area contributed by atoms with Crippen molar-refractivity contribution in [2.75, 3.05) is 36.4 Å². The second-order valence-corrected chi connectivity index (χ2v) is 8.38. The van der Waals surface area contributed by atoms with Crippen molar-refractivity contribution >= 4 is 29.2 Å². The number of imide groups is 1. The van der Waals surface area contributed by atoms with Crippen molar-refractivity contribution in [1.29, 1.82) is 0 Å². The van der Waals surface area contributed by atoms with Crippen molar-refractivity contribution in [3.63, 3.8) is 0 Å². The van der Waals surface area contributed by atoms with Gasteiger partial charge in [0, 0.05) is 51.3 Å². The van der Waals surface area contributed by atoms with Gasteiger partial charge >= 0.3 is 0 Å². The second kappa shape index (κ2) is 8.58. The average Bonchev–Trinajstić information content (AvgIpc) is 3.14. The molecule has 9 heteroatoms. The number of piperazine rings is 1. The van der Waals surface area contributed by atoms with Crippen molar-refractivity contribution in [3.05, 3.63) is 53.2 Å². The second-order valence-electron chi connectivity index (χ2n) is 8.38. The molecule has 2 saturated heterocycles. The van der Waals surface area contributed by atoms with E-state index in [1.165, 1.54) is 0 Å². The lowest BCUT2D eigenvalue weighted by molar-refractivity contribution is -0.136. The first kappa shape index (κ1) is 20.4. The van der Waals surface area contributed by atoms with Crippen LogP contribution in [0.15, 0.2) is 36.5 Å². The van der Waals surface area contributed by atoms with Gasteiger partial charge in [0.1, 0.15) is 11.9 Å². The van der Waals surface area contributed by atoms with Crippen molar-refractivity contribution in [2.45, 2.75) is 32.0 Å². The lowest BCUT2D eigenvalue weighted by Crippen LogP contribution is -2.52. The molecular weight excluding hydrogens is 408 g/mol. The summed E-state index contributed by atoms with van der Waals surface area (Å²) in [5, 5.41) is 8.99. The van der Waals surface area contributed by atoms with Crippen LogP contribution < -0.4 is 20.9 Å². The molecule has 2 aromatic rings. The largest absolute Gasteiger partial charge is 0.368 e. The molecule has 0 bridgehead atoms. The molecule has 166 valence electrons. The first-order chi connectivity index (χ1) is 15.6. The van der Waals surface area contributed by atoms with Crippen LogP contribution in [0.1, 0.15) is 34.3 Å². The highest BCUT2D eigenvalue weighted by Gasteiger charge is 2.39. The molecule has 1 aromatic carbocycles. The number of carbonyl (C=O) groups excluding carboxylic acids is 3. The molecule has 0 spiro atoms. The number of nitrogens with zero attached hydrogens (tertiary/aromatic N) is 3. The summed E-state index contributed by atoms with van der Waals surface area (Å²) in [6, 6.07) is 9.27. The third-order valence-electron chi connectivity index (χ3n) is 6.30. The Labute approximate surface area is 186 Å². The highest BCUT2D eigenvalue weighted by atomic mass is 16.2. The SMILES string of the molecule is O=C1CCC(N2Cc3ccc(CNc4ccc(N5CCNCC5)cn4)cc3C2=O)C(=O)N1. The van der Waals surface area contributed by atoms with E-state index in [0.29, 0.717) is 25.1 Å². The quantitative estimate of drug-likeness (QED) is 0.600. The summed E-state index contributed by atoms with van der Waals surface area (Å²) in [5.41, 5.74) is 3.61. The predicted molar refractivity (Wildman–Crippen MR) is 119 cm³/mol. The number of hydrogen-bond acceptors (Lipinski definition) is 7. The first-order valence-electron chi connectivity index (χ1n) is 11.0. The van der Waals surface area contributed by atoms with E-state index in [4.69, 9.17) is 0 Å². The molecule has 1 unspecified atom stereocenters. The fourth-order valence-electron chi connectivity index (χ4n) is 4.51. The first-order valence-corrected chi connectivity index (χ1v) is 11.0. The van der Waals surface area contributed by atoms with Gasteiger partial charge in [-0.25, -0.2) is 4.98 Å². The summed E-state index contributed by atoms with van der Waals surface area (Å²) in [4.78, 5) is 45.0. The van der Waals surface area contributed by atoms with E-state index in [9.17, 15) is 14.4 Å². The zero-order valence-corrected chi connectivity index (χ0v) is 17.8. The van der Waals surface area contributed by atoms with Crippen LogP contribution in [0.25, 0.3) is 0 Å². The Morgan fingerprint density at radius 3 is 2.69 bits per heavy atom. The number of benzene rings is 1. The minimum Gasteiger partial charge on any atom is -0.368 e. The molecule has 4 heterocycles. The summed E-state index contributed by atoms with van der Waals surface area (Å²) < 4.78 is 0. The van der Waals surface area contributed by atoms with Gasteiger partial charge in [-0.15, -0.1) is 0 Å². The monoisotopic (exact) mass is 434 g/mol. The molecule has 2 fully saturated rings. The third-order valence-corrected chi connectivity index (χ3v) is 6.30. The van der Waals surface area contributed by atoms with Gasteiger partial charge in [-0.05, 0) is 35.7 Å². The minimum absolute atomic E-state index is 0.158. The number of anilines is 2. The van der Waals surface area contributed by atoms with Crippen LogP contribution in [0, 0.1) is 0 Å². The summed E-state index contributed by atoms with van der Waals surface area (Å²) in [7, 11) is 0. The Morgan fingerprint density at radius 1 is 1.09 bits per heavy atom. The van der Waals surface area contributed by atoms with Crippen LogP contribution in [-0.2, 0) is 22.7 Å². The van der Waals surface area contributed by atoms with Crippen molar-refractivity contribution < 1.29 is 14.4 Å². The summed E-state index contributed by atoms with van der Waals surface area (Å²) in [5.74, 6) is -0.0475. The Bertz CT molecular complexity index is 1050. The molecule has 3 amide bonds. The lowest BCUT2D eigenvalue weighted by atomic mass is 10.0. The topological polar surface area (TPSA) is 107 Å². The third kappa shape index (κ3) is 4.03. The minimum atomic E-state index is -0.590. The van der Waals surface area contributed by atoms with E-state index in [-0.39, 0.29) is 24.1 Å². The van der Waals surface area contributed by atoms with Gasteiger partial charge in [-0.1, -0.05) is 12.1 Å². The number of aromatic nitrogens is 1. The maximum Gasteiger partial charge on any atom is 0.255 e. The van der Waals surface area contributed by atoms with Gasteiger partial charge in [-0.3, -0.25) is 19.7 Å². The van der Waals surface area contributed by atoms with E-state index in [2.05, 4.69) is 31.9 Å². The maximum atomic E-state index is 13.0. The van der Waals surface area contributed by atoms with Gasteiger partial charge in [0.05, 0.1) is 11.9 Å². The molecule has 0 aliphatic carbocycles. The Kier molecular flexibility index (Phi) is 5.48. The molecule has 3 N–H and O–H groups in total. The van der Waals surface area contributed by atoms with Crippen LogP contribution in [0.4, 0.5) is 11.5 Å². The van der Waals surface area contributed by atoms with E-state index in [1.54, 1.807) is 4.90 Å². The lowest BCUT2D eigenvalue weighted by Gasteiger charge is -2.29. The van der Waals surface area contributed by atoms with Gasteiger partial charge in [-0.2, -0.15) is 0 Å². The summed E-state index contributed by atoms with van der Waals surface area (Å²) in [6.07, 6.45) is 2.51.